The van der Waals surface area contributed by atoms with E-state index in [0.29, 0.717) is 6.04 Å². The summed E-state index contributed by atoms with van der Waals surface area (Å²) >= 11 is 0. The number of ether oxygens (including phenoxy) is 1. The molecule has 1 aliphatic rings. The van der Waals surface area contributed by atoms with E-state index in [9.17, 15) is 5.11 Å². The van der Waals surface area contributed by atoms with Gasteiger partial charge in [0.25, 0.3) is 0 Å². The van der Waals surface area contributed by atoms with Gasteiger partial charge in [-0.3, -0.25) is 9.80 Å². The lowest BCUT2D eigenvalue weighted by Crippen LogP contribution is -2.52. The lowest BCUT2D eigenvalue weighted by Gasteiger charge is -2.41. The van der Waals surface area contributed by atoms with Gasteiger partial charge in [0.05, 0.1) is 7.11 Å². The van der Waals surface area contributed by atoms with Crippen molar-refractivity contribution >= 4 is 0 Å². The number of aliphatic hydroxyl groups excluding tert-OH is 1. The van der Waals surface area contributed by atoms with Gasteiger partial charge in [-0.2, -0.15) is 0 Å². The first-order chi connectivity index (χ1) is 13.1. The molecule has 2 aromatic rings. The molecule has 1 heterocycles. The zero-order chi connectivity index (χ0) is 19.2. The molecule has 0 aromatic heterocycles. The van der Waals surface area contributed by atoms with Crippen LogP contribution in [0.4, 0.5) is 0 Å². The highest BCUT2D eigenvalue weighted by Gasteiger charge is 2.27. The third-order valence-corrected chi connectivity index (χ3v) is 5.65. The fourth-order valence-electron chi connectivity index (χ4n) is 4.04. The van der Waals surface area contributed by atoms with E-state index in [1.807, 2.05) is 0 Å². The van der Waals surface area contributed by atoms with E-state index in [2.05, 4.69) is 66.1 Å². The molecule has 3 rings (SSSR count). The molecule has 0 aliphatic carbocycles. The minimum atomic E-state index is 0.240. The summed E-state index contributed by atoms with van der Waals surface area (Å²) in [7, 11) is 1.72. The number of piperazine rings is 1. The van der Waals surface area contributed by atoms with Crippen LogP contribution >= 0.6 is 0 Å². The summed E-state index contributed by atoms with van der Waals surface area (Å²) in [5.74, 6) is 0.944. The lowest BCUT2D eigenvalue weighted by molar-refractivity contribution is 0.0498. The van der Waals surface area contributed by atoms with Crippen molar-refractivity contribution < 1.29 is 9.84 Å². The Morgan fingerprint density at radius 2 is 1.85 bits per heavy atom. The number of hydrogen-bond acceptors (Lipinski definition) is 4. The van der Waals surface area contributed by atoms with Crippen molar-refractivity contribution in [2.75, 3.05) is 33.4 Å². The predicted octanol–water partition coefficient (Wildman–Crippen LogP) is 3.38. The number of methoxy groups -OCH3 is 1. The molecule has 0 saturated carbocycles. The first-order valence-corrected chi connectivity index (χ1v) is 9.86. The molecule has 1 saturated heterocycles. The predicted molar refractivity (Wildman–Crippen MR) is 110 cm³/mol. The summed E-state index contributed by atoms with van der Waals surface area (Å²) in [6, 6.07) is 15.4. The highest BCUT2D eigenvalue weighted by Crippen LogP contribution is 2.22. The van der Waals surface area contributed by atoms with Crippen molar-refractivity contribution in [2.45, 2.75) is 39.4 Å². The third-order valence-electron chi connectivity index (χ3n) is 5.65. The van der Waals surface area contributed by atoms with Crippen molar-refractivity contribution in [3.63, 3.8) is 0 Å². The fraction of sp³-hybridized carbons (Fsp3) is 0.478. The van der Waals surface area contributed by atoms with Crippen LogP contribution in [0.15, 0.2) is 42.5 Å². The summed E-state index contributed by atoms with van der Waals surface area (Å²) < 4.78 is 5.37. The van der Waals surface area contributed by atoms with Gasteiger partial charge in [0.2, 0.25) is 0 Å². The molecule has 1 aliphatic heterocycles. The van der Waals surface area contributed by atoms with Crippen molar-refractivity contribution in [1.29, 1.82) is 0 Å². The lowest BCUT2D eigenvalue weighted by atomic mass is 10.0. The molecule has 0 radical (unpaired) electrons. The Labute approximate surface area is 163 Å². The van der Waals surface area contributed by atoms with Crippen LogP contribution < -0.4 is 4.74 Å². The Bertz CT molecular complexity index is 747. The van der Waals surface area contributed by atoms with Crippen LogP contribution in [0, 0.1) is 13.8 Å². The molecule has 1 atom stereocenters. The molecule has 0 bridgehead atoms. The van der Waals surface area contributed by atoms with E-state index in [1.54, 1.807) is 7.11 Å². The van der Waals surface area contributed by atoms with Crippen LogP contribution in [-0.4, -0.2) is 54.3 Å². The first kappa shape index (κ1) is 19.9. The average molecular weight is 369 g/mol. The van der Waals surface area contributed by atoms with Crippen molar-refractivity contribution in [2.24, 2.45) is 0 Å². The monoisotopic (exact) mass is 368 g/mol. The average Bonchev–Trinajstić information content (AvgIpc) is 2.66. The standard InChI is InChI=1S/C23H32N2O2/c1-18-6-4-5-7-21(18)16-25-12-11-24(17-22(25)10-13-26)15-20-8-9-23(27-3)19(2)14-20/h4-9,14,22,26H,10-13,15-17H2,1-3H3. The third kappa shape index (κ3) is 5.10. The number of aliphatic hydroxyl groups is 1. The Hall–Kier alpha value is -1.88. The van der Waals surface area contributed by atoms with Crippen molar-refractivity contribution in [3.05, 3.63) is 64.7 Å². The molecule has 27 heavy (non-hydrogen) atoms. The molecule has 4 nitrogen and oxygen atoms in total. The largest absolute Gasteiger partial charge is 0.496 e. The van der Waals surface area contributed by atoms with Gasteiger partial charge in [-0.1, -0.05) is 36.4 Å². The smallest absolute Gasteiger partial charge is 0.121 e. The van der Waals surface area contributed by atoms with E-state index in [0.717, 1.165) is 44.9 Å². The Kier molecular flexibility index (Phi) is 6.89. The maximum absolute atomic E-state index is 9.57. The number of rotatable bonds is 7. The number of benzene rings is 2. The van der Waals surface area contributed by atoms with E-state index in [-0.39, 0.29) is 6.61 Å². The number of hydrogen-bond donors (Lipinski definition) is 1. The molecule has 1 N–H and O–H groups in total. The van der Waals surface area contributed by atoms with Crippen LogP contribution in [-0.2, 0) is 13.1 Å². The minimum Gasteiger partial charge on any atom is -0.496 e. The second kappa shape index (κ2) is 9.36. The van der Waals surface area contributed by atoms with Crippen LogP contribution in [0.5, 0.6) is 5.75 Å². The summed E-state index contributed by atoms with van der Waals surface area (Å²) in [5.41, 5.74) is 5.24. The zero-order valence-electron chi connectivity index (χ0n) is 16.8. The summed E-state index contributed by atoms with van der Waals surface area (Å²) in [6.07, 6.45) is 0.823. The second-order valence-electron chi connectivity index (χ2n) is 7.60. The molecular weight excluding hydrogens is 336 g/mol. The molecule has 146 valence electrons. The van der Waals surface area contributed by atoms with Crippen LogP contribution in [0.1, 0.15) is 28.7 Å². The molecule has 4 heteroatoms. The molecule has 0 spiro atoms. The number of nitrogens with zero attached hydrogens (tertiary/aromatic N) is 2. The molecule has 0 amide bonds. The maximum atomic E-state index is 9.57. The van der Waals surface area contributed by atoms with E-state index >= 15 is 0 Å². The van der Waals surface area contributed by atoms with E-state index < -0.39 is 0 Å². The van der Waals surface area contributed by atoms with Crippen LogP contribution in [0.25, 0.3) is 0 Å². The summed E-state index contributed by atoms with van der Waals surface area (Å²) in [6.45, 7) is 9.52. The maximum Gasteiger partial charge on any atom is 0.121 e. The molecule has 1 fully saturated rings. The Morgan fingerprint density at radius 1 is 1.04 bits per heavy atom. The highest BCUT2D eigenvalue weighted by atomic mass is 16.5. The topological polar surface area (TPSA) is 35.9 Å². The normalized spacial score (nSPS) is 18.6. The number of aryl methyl sites for hydroxylation is 2. The molecule has 1 unspecified atom stereocenters. The molecule has 2 aromatic carbocycles. The van der Waals surface area contributed by atoms with Crippen LogP contribution in [0.2, 0.25) is 0 Å². The Morgan fingerprint density at radius 3 is 2.56 bits per heavy atom. The summed E-state index contributed by atoms with van der Waals surface area (Å²) in [5, 5.41) is 9.57. The van der Waals surface area contributed by atoms with Gasteiger partial charge < -0.3 is 9.84 Å². The molecular formula is C23H32N2O2. The van der Waals surface area contributed by atoms with Gasteiger partial charge in [-0.15, -0.1) is 0 Å². The summed E-state index contributed by atoms with van der Waals surface area (Å²) in [4.78, 5) is 5.05. The van der Waals surface area contributed by atoms with Gasteiger partial charge in [0, 0.05) is 45.4 Å². The zero-order valence-corrected chi connectivity index (χ0v) is 16.8. The second-order valence-corrected chi connectivity index (χ2v) is 7.60. The van der Waals surface area contributed by atoms with Gasteiger partial charge in [-0.25, -0.2) is 0 Å². The van der Waals surface area contributed by atoms with Gasteiger partial charge >= 0.3 is 0 Å². The van der Waals surface area contributed by atoms with Crippen molar-refractivity contribution in [3.8, 4) is 5.75 Å². The van der Waals surface area contributed by atoms with Gasteiger partial charge in [0.15, 0.2) is 0 Å². The van der Waals surface area contributed by atoms with E-state index in [4.69, 9.17) is 4.74 Å². The van der Waals surface area contributed by atoms with Gasteiger partial charge in [0.1, 0.15) is 5.75 Å². The van der Waals surface area contributed by atoms with E-state index in [1.165, 1.54) is 22.3 Å². The van der Waals surface area contributed by atoms with Gasteiger partial charge in [-0.05, 0) is 48.6 Å². The fourth-order valence-corrected chi connectivity index (χ4v) is 4.04. The van der Waals surface area contributed by atoms with Crippen LogP contribution in [0.3, 0.4) is 0 Å². The first-order valence-electron chi connectivity index (χ1n) is 9.86. The van der Waals surface area contributed by atoms with Crippen molar-refractivity contribution in [1.82, 2.24) is 9.80 Å². The SMILES string of the molecule is COc1ccc(CN2CCN(Cc3ccccc3C)C(CCO)C2)cc1C. The quantitative estimate of drug-likeness (QED) is 0.813. The highest BCUT2D eigenvalue weighted by molar-refractivity contribution is 5.36. The minimum absolute atomic E-state index is 0.240. The Balaban J connectivity index is 1.65.